The van der Waals surface area contributed by atoms with E-state index >= 15 is 0 Å². The molecule has 0 saturated carbocycles. The van der Waals surface area contributed by atoms with Crippen LogP contribution in [0.25, 0.3) is 16.5 Å². The van der Waals surface area contributed by atoms with Gasteiger partial charge in [-0.3, -0.25) is 4.98 Å². The first-order valence-electron chi connectivity index (χ1n) is 9.83. The second-order valence-electron chi connectivity index (χ2n) is 6.20. The summed E-state index contributed by atoms with van der Waals surface area (Å²) in [5, 5.41) is 6.83. The number of hydrogen-bond acceptors (Lipinski definition) is 3. The molecule has 4 rings (SSSR count). The fraction of sp³-hybridized carbons (Fsp3) is 0.200. The first kappa shape index (κ1) is 20.2. The number of nitrogens with zero attached hydrogens (tertiary/aromatic N) is 3. The summed E-state index contributed by atoms with van der Waals surface area (Å²) in [6.07, 6.45) is 7.31. The van der Waals surface area contributed by atoms with E-state index in [0.29, 0.717) is 0 Å². The van der Waals surface area contributed by atoms with Crippen molar-refractivity contribution in [3.63, 3.8) is 0 Å². The molecule has 2 heterocycles. The summed E-state index contributed by atoms with van der Waals surface area (Å²) in [5.74, 6) is 7.23. The fourth-order valence-corrected chi connectivity index (χ4v) is 2.90. The molecule has 0 spiro atoms. The Kier molecular flexibility index (Phi) is 7.02. The summed E-state index contributed by atoms with van der Waals surface area (Å²) in [7, 11) is 1.68. The number of hydrogen-bond donors (Lipinski definition) is 0. The zero-order valence-corrected chi connectivity index (χ0v) is 17.1. The molecule has 0 aliphatic heterocycles. The third-order valence-electron chi connectivity index (χ3n) is 4.39. The second-order valence-corrected chi connectivity index (χ2v) is 6.20. The van der Waals surface area contributed by atoms with Crippen LogP contribution in [-0.4, -0.2) is 21.9 Å². The van der Waals surface area contributed by atoms with Crippen LogP contribution in [0.5, 0.6) is 5.75 Å². The van der Waals surface area contributed by atoms with Crippen LogP contribution >= 0.6 is 0 Å². The van der Waals surface area contributed by atoms with Crippen LogP contribution in [0.15, 0.2) is 73.2 Å². The fourth-order valence-electron chi connectivity index (χ4n) is 2.90. The summed E-state index contributed by atoms with van der Waals surface area (Å²) in [6, 6.07) is 18.2. The van der Waals surface area contributed by atoms with Crippen LogP contribution < -0.4 is 4.74 Å². The van der Waals surface area contributed by atoms with Crippen molar-refractivity contribution in [1.82, 2.24) is 14.8 Å². The van der Waals surface area contributed by atoms with Crippen LogP contribution in [0.3, 0.4) is 0 Å². The predicted octanol–water partition coefficient (Wildman–Crippen LogP) is 5.44. The van der Waals surface area contributed by atoms with Crippen molar-refractivity contribution in [2.45, 2.75) is 26.7 Å². The average Bonchev–Trinajstić information content (AvgIpc) is 3.27. The van der Waals surface area contributed by atoms with E-state index in [4.69, 9.17) is 4.74 Å². The molecule has 0 aliphatic carbocycles. The molecule has 4 nitrogen and oxygen atoms in total. The Labute approximate surface area is 172 Å². The zero-order valence-electron chi connectivity index (χ0n) is 17.1. The molecule has 0 bridgehead atoms. The SMILES string of the molecule is CC.COc1ccc(CCC#Cc2ccn(-c3ccc4cnccc4c3)n2)cc1. The van der Waals surface area contributed by atoms with Crippen molar-refractivity contribution < 1.29 is 4.74 Å². The summed E-state index contributed by atoms with van der Waals surface area (Å²) < 4.78 is 7.03. The predicted molar refractivity (Wildman–Crippen MR) is 118 cm³/mol. The van der Waals surface area contributed by atoms with Gasteiger partial charge in [-0.25, -0.2) is 4.68 Å². The number of rotatable bonds is 4. The molecular weight excluding hydrogens is 358 g/mol. The lowest BCUT2D eigenvalue weighted by atomic mass is 10.1. The van der Waals surface area contributed by atoms with Gasteiger partial charge < -0.3 is 4.74 Å². The molecule has 0 saturated heterocycles. The quantitative estimate of drug-likeness (QED) is 0.441. The van der Waals surface area contributed by atoms with Gasteiger partial charge >= 0.3 is 0 Å². The lowest BCUT2D eigenvalue weighted by Gasteiger charge is -2.03. The highest BCUT2D eigenvalue weighted by Crippen LogP contribution is 2.17. The molecule has 2 aromatic carbocycles. The minimum atomic E-state index is 0.777. The Hall–Kier alpha value is -3.58. The highest BCUT2D eigenvalue weighted by molar-refractivity contribution is 5.83. The van der Waals surface area contributed by atoms with Crippen molar-refractivity contribution in [3.8, 4) is 23.3 Å². The van der Waals surface area contributed by atoms with Gasteiger partial charge in [0.2, 0.25) is 0 Å². The van der Waals surface area contributed by atoms with E-state index in [2.05, 4.69) is 46.2 Å². The van der Waals surface area contributed by atoms with Gasteiger partial charge in [0.25, 0.3) is 0 Å². The second kappa shape index (κ2) is 10.1. The highest BCUT2D eigenvalue weighted by atomic mass is 16.5. The molecule has 0 amide bonds. The number of methoxy groups -OCH3 is 1. The lowest BCUT2D eigenvalue weighted by molar-refractivity contribution is 0.414. The molecule has 0 unspecified atom stereocenters. The number of fused-ring (bicyclic) bond motifs is 1. The van der Waals surface area contributed by atoms with E-state index < -0.39 is 0 Å². The van der Waals surface area contributed by atoms with Crippen LogP contribution in [0.2, 0.25) is 0 Å². The number of benzene rings is 2. The first-order chi connectivity index (χ1) is 14.3. The Morgan fingerprint density at radius 2 is 1.79 bits per heavy atom. The summed E-state index contributed by atoms with van der Waals surface area (Å²) in [4.78, 5) is 4.14. The van der Waals surface area contributed by atoms with Gasteiger partial charge in [-0.2, -0.15) is 5.10 Å². The van der Waals surface area contributed by atoms with E-state index in [0.717, 1.165) is 40.7 Å². The van der Waals surface area contributed by atoms with Crippen LogP contribution in [0, 0.1) is 11.8 Å². The van der Waals surface area contributed by atoms with Crippen molar-refractivity contribution in [2.24, 2.45) is 0 Å². The third-order valence-corrected chi connectivity index (χ3v) is 4.39. The minimum Gasteiger partial charge on any atom is -0.497 e. The molecule has 4 aromatic rings. The van der Waals surface area contributed by atoms with Crippen LogP contribution in [0.1, 0.15) is 31.5 Å². The zero-order chi connectivity index (χ0) is 20.5. The van der Waals surface area contributed by atoms with Crippen molar-refractivity contribution in [2.75, 3.05) is 7.11 Å². The molecule has 29 heavy (non-hydrogen) atoms. The van der Waals surface area contributed by atoms with E-state index in [1.807, 2.05) is 61.3 Å². The van der Waals surface area contributed by atoms with Gasteiger partial charge in [-0.1, -0.05) is 38.0 Å². The van der Waals surface area contributed by atoms with E-state index in [1.54, 1.807) is 13.3 Å². The maximum Gasteiger partial charge on any atom is 0.135 e. The number of aromatic nitrogens is 3. The lowest BCUT2D eigenvalue weighted by Crippen LogP contribution is -1.95. The molecule has 2 aromatic heterocycles. The molecule has 0 aliphatic rings. The standard InChI is InChI=1S/C23H19N3O.C2H6/c1-27-23-10-6-18(7-11-23)4-2-3-5-21-13-15-26(25-21)22-9-8-20-17-24-14-12-19(20)16-22;1-2/h6-17H,2,4H2,1H3;1-2H3. The minimum absolute atomic E-state index is 0.777. The summed E-state index contributed by atoms with van der Waals surface area (Å²) in [5.41, 5.74) is 3.04. The van der Waals surface area contributed by atoms with Gasteiger partial charge in [0, 0.05) is 30.4 Å². The molecular formula is C25H25N3O. The van der Waals surface area contributed by atoms with Crippen molar-refractivity contribution >= 4 is 10.8 Å². The maximum atomic E-state index is 5.17. The van der Waals surface area contributed by atoms with E-state index in [-0.39, 0.29) is 0 Å². The van der Waals surface area contributed by atoms with Gasteiger partial charge in [0.05, 0.1) is 12.8 Å². The summed E-state index contributed by atoms with van der Waals surface area (Å²) >= 11 is 0. The smallest absolute Gasteiger partial charge is 0.135 e. The Bertz CT molecular complexity index is 1120. The van der Waals surface area contributed by atoms with Crippen molar-refractivity contribution in [3.05, 3.63) is 84.4 Å². The highest BCUT2D eigenvalue weighted by Gasteiger charge is 2.01. The van der Waals surface area contributed by atoms with Crippen LogP contribution in [0.4, 0.5) is 0 Å². The van der Waals surface area contributed by atoms with Gasteiger partial charge in [0.1, 0.15) is 11.4 Å². The van der Waals surface area contributed by atoms with E-state index in [9.17, 15) is 0 Å². The Morgan fingerprint density at radius 1 is 0.966 bits per heavy atom. The van der Waals surface area contributed by atoms with Gasteiger partial charge in [-0.15, -0.1) is 0 Å². The first-order valence-corrected chi connectivity index (χ1v) is 9.83. The normalized spacial score (nSPS) is 9.90. The molecule has 0 atom stereocenters. The van der Waals surface area contributed by atoms with Crippen LogP contribution in [-0.2, 0) is 6.42 Å². The molecule has 0 fully saturated rings. The third kappa shape index (κ3) is 5.24. The monoisotopic (exact) mass is 383 g/mol. The van der Waals surface area contributed by atoms with Gasteiger partial charge in [-0.05, 0) is 59.7 Å². The molecule has 0 radical (unpaired) electrons. The largest absolute Gasteiger partial charge is 0.497 e. The molecule has 0 N–H and O–H groups in total. The number of aryl methyl sites for hydroxylation is 1. The topological polar surface area (TPSA) is 39.9 Å². The molecule has 146 valence electrons. The van der Waals surface area contributed by atoms with E-state index in [1.165, 1.54) is 5.56 Å². The van der Waals surface area contributed by atoms with Crippen molar-refractivity contribution in [1.29, 1.82) is 0 Å². The number of pyridine rings is 1. The Morgan fingerprint density at radius 3 is 2.59 bits per heavy atom. The Balaban J connectivity index is 0.00000117. The summed E-state index contributed by atoms with van der Waals surface area (Å²) in [6.45, 7) is 4.00. The van der Waals surface area contributed by atoms with Gasteiger partial charge in [0.15, 0.2) is 0 Å². The maximum absolute atomic E-state index is 5.17. The average molecular weight is 383 g/mol. The number of ether oxygens (including phenoxy) is 1. The molecule has 4 heteroatoms.